The molecule has 0 unspecified atom stereocenters. The van der Waals surface area contributed by atoms with E-state index in [-0.39, 0.29) is 29.0 Å². The van der Waals surface area contributed by atoms with E-state index < -0.39 is 22.1 Å². The van der Waals surface area contributed by atoms with E-state index in [4.69, 9.17) is 4.74 Å². The molecular formula is C24H30N2O5S. The van der Waals surface area contributed by atoms with Crippen LogP contribution in [0.4, 0.5) is 5.69 Å². The van der Waals surface area contributed by atoms with Gasteiger partial charge in [0, 0.05) is 11.7 Å². The van der Waals surface area contributed by atoms with Crippen LogP contribution in [0.1, 0.15) is 55.5 Å². The van der Waals surface area contributed by atoms with E-state index in [1.54, 1.807) is 36.4 Å². The molecule has 32 heavy (non-hydrogen) atoms. The van der Waals surface area contributed by atoms with Crippen LogP contribution in [0.15, 0.2) is 54.6 Å². The van der Waals surface area contributed by atoms with Crippen molar-refractivity contribution in [2.24, 2.45) is 5.92 Å². The number of sulfonamides is 1. The Morgan fingerprint density at radius 1 is 1.06 bits per heavy atom. The minimum Gasteiger partial charge on any atom is -0.449 e. The summed E-state index contributed by atoms with van der Waals surface area (Å²) >= 11 is 0. The first-order valence-corrected chi connectivity index (χ1v) is 12.5. The van der Waals surface area contributed by atoms with Crippen LogP contribution in [-0.4, -0.2) is 32.4 Å². The Kier molecular flexibility index (Phi) is 7.90. The van der Waals surface area contributed by atoms with E-state index in [0.29, 0.717) is 11.5 Å². The van der Waals surface area contributed by atoms with Crippen molar-refractivity contribution in [1.29, 1.82) is 0 Å². The van der Waals surface area contributed by atoms with Crippen LogP contribution in [-0.2, 0) is 25.3 Å². The van der Waals surface area contributed by atoms with Crippen LogP contribution >= 0.6 is 0 Å². The van der Waals surface area contributed by atoms with Crippen molar-refractivity contribution in [2.45, 2.75) is 57.4 Å². The summed E-state index contributed by atoms with van der Waals surface area (Å²) in [5, 5.41) is 2.98. The Balaban J connectivity index is 1.59. The molecule has 1 aliphatic carbocycles. The fraction of sp³-hybridized carbons (Fsp3) is 0.417. The molecule has 0 aromatic heterocycles. The van der Waals surface area contributed by atoms with Gasteiger partial charge in [-0.1, -0.05) is 56.2 Å². The van der Waals surface area contributed by atoms with E-state index in [9.17, 15) is 18.0 Å². The highest BCUT2D eigenvalue weighted by molar-refractivity contribution is 7.91. The predicted octanol–water partition coefficient (Wildman–Crippen LogP) is 3.87. The summed E-state index contributed by atoms with van der Waals surface area (Å²) in [6, 6.07) is 15.0. The highest BCUT2D eigenvalue weighted by atomic mass is 32.2. The molecule has 7 nitrogen and oxygen atoms in total. The zero-order chi connectivity index (χ0) is 23.1. The molecule has 0 saturated heterocycles. The number of esters is 1. The van der Waals surface area contributed by atoms with Crippen LogP contribution < -0.4 is 10.0 Å². The third-order valence-corrected chi connectivity index (χ3v) is 6.92. The minimum absolute atomic E-state index is 0.0970. The van der Waals surface area contributed by atoms with Gasteiger partial charge in [0.05, 0.1) is 11.3 Å². The fourth-order valence-electron chi connectivity index (χ4n) is 3.83. The van der Waals surface area contributed by atoms with Gasteiger partial charge >= 0.3 is 5.97 Å². The second-order valence-corrected chi connectivity index (χ2v) is 10.1. The molecule has 0 heterocycles. The van der Waals surface area contributed by atoms with Gasteiger partial charge in [-0.15, -0.1) is 0 Å². The van der Waals surface area contributed by atoms with Crippen LogP contribution in [0.25, 0.3) is 0 Å². The summed E-state index contributed by atoms with van der Waals surface area (Å²) < 4.78 is 32.7. The lowest BCUT2D eigenvalue weighted by molar-refractivity contribution is -0.130. The molecule has 1 saturated carbocycles. The average molecular weight is 459 g/mol. The monoisotopic (exact) mass is 458 g/mol. The second-order valence-electron chi connectivity index (χ2n) is 8.35. The number of anilines is 1. The molecule has 2 aromatic rings. The maximum absolute atomic E-state index is 12.5. The van der Waals surface area contributed by atoms with E-state index >= 15 is 0 Å². The lowest BCUT2D eigenvalue weighted by Crippen LogP contribution is -2.45. The number of amides is 1. The molecule has 0 radical (unpaired) electrons. The van der Waals surface area contributed by atoms with Gasteiger partial charge in [-0.25, -0.2) is 13.2 Å². The molecule has 1 aliphatic rings. The lowest BCUT2D eigenvalue weighted by atomic mass is 9.86. The van der Waals surface area contributed by atoms with Gasteiger partial charge in [0.2, 0.25) is 10.0 Å². The molecule has 0 aliphatic heterocycles. The first-order chi connectivity index (χ1) is 15.2. The predicted molar refractivity (Wildman–Crippen MR) is 124 cm³/mol. The molecule has 3 rings (SSSR count). The van der Waals surface area contributed by atoms with Gasteiger partial charge in [0.15, 0.2) is 6.10 Å². The molecule has 2 N–H and O–H groups in total. The SMILES string of the molecule is C[C@H](OC(=O)c1cccc(NS(=O)(=O)Cc2ccccc2)c1)C(=O)N[C@@H]1CCCC[C@@H]1C. The van der Waals surface area contributed by atoms with Gasteiger partial charge in [-0.05, 0) is 49.4 Å². The van der Waals surface area contributed by atoms with E-state index in [0.717, 1.165) is 19.3 Å². The van der Waals surface area contributed by atoms with Crippen molar-refractivity contribution >= 4 is 27.6 Å². The molecular weight excluding hydrogens is 428 g/mol. The number of rotatable bonds is 8. The first kappa shape index (κ1) is 23.8. The van der Waals surface area contributed by atoms with Gasteiger partial charge in [0.25, 0.3) is 5.91 Å². The molecule has 0 spiro atoms. The van der Waals surface area contributed by atoms with E-state index in [1.807, 2.05) is 6.07 Å². The summed E-state index contributed by atoms with van der Waals surface area (Å²) in [6.07, 6.45) is 3.31. The summed E-state index contributed by atoms with van der Waals surface area (Å²) in [4.78, 5) is 25.0. The summed E-state index contributed by atoms with van der Waals surface area (Å²) in [6.45, 7) is 3.65. The second kappa shape index (κ2) is 10.6. The van der Waals surface area contributed by atoms with Crippen molar-refractivity contribution in [3.63, 3.8) is 0 Å². The van der Waals surface area contributed by atoms with Crippen molar-refractivity contribution < 1.29 is 22.7 Å². The van der Waals surface area contributed by atoms with Crippen LogP contribution in [0.5, 0.6) is 0 Å². The zero-order valence-electron chi connectivity index (χ0n) is 18.4. The third kappa shape index (κ3) is 6.82. The van der Waals surface area contributed by atoms with Gasteiger partial charge in [0.1, 0.15) is 0 Å². The maximum Gasteiger partial charge on any atom is 0.338 e. The smallest absolute Gasteiger partial charge is 0.338 e. The molecule has 1 fully saturated rings. The summed E-state index contributed by atoms with van der Waals surface area (Å²) in [5.41, 5.74) is 1.07. The standard InChI is InChI=1S/C24H30N2O5S/c1-17-9-6-7-14-22(17)25-23(27)18(2)31-24(28)20-12-8-13-21(15-20)26-32(29,30)16-19-10-4-3-5-11-19/h3-5,8,10-13,15,17-18,22,26H,6-7,9,14,16H2,1-2H3,(H,25,27)/t17-,18-,22+/m0/s1. The van der Waals surface area contributed by atoms with Crippen molar-refractivity contribution in [1.82, 2.24) is 5.32 Å². The number of benzene rings is 2. The number of hydrogen-bond acceptors (Lipinski definition) is 5. The molecule has 1 amide bonds. The maximum atomic E-state index is 12.5. The summed E-state index contributed by atoms with van der Waals surface area (Å²) in [5.74, 6) is -0.791. The number of carbonyl (C=O) groups excluding carboxylic acids is 2. The summed E-state index contributed by atoms with van der Waals surface area (Å²) in [7, 11) is -3.65. The van der Waals surface area contributed by atoms with Crippen LogP contribution in [0.2, 0.25) is 0 Å². The van der Waals surface area contributed by atoms with E-state index in [1.165, 1.54) is 25.5 Å². The normalized spacial score (nSPS) is 19.6. The Morgan fingerprint density at radius 3 is 2.50 bits per heavy atom. The molecule has 0 bridgehead atoms. The fourth-order valence-corrected chi connectivity index (χ4v) is 5.02. The van der Waals surface area contributed by atoms with Crippen molar-refractivity contribution in [3.8, 4) is 0 Å². The zero-order valence-corrected chi connectivity index (χ0v) is 19.2. The largest absolute Gasteiger partial charge is 0.449 e. The topological polar surface area (TPSA) is 102 Å². The van der Waals surface area contributed by atoms with Gasteiger partial charge in [-0.2, -0.15) is 0 Å². The molecule has 3 atom stereocenters. The quantitative estimate of drug-likeness (QED) is 0.585. The molecule has 2 aromatic carbocycles. The Bertz CT molecular complexity index is 1040. The van der Waals surface area contributed by atoms with Crippen molar-refractivity contribution in [3.05, 3.63) is 65.7 Å². The Morgan fingerprint density at radius 2 is 1.78 bits per heavy atom. The van der Waals surface area contributed by atoms with Gasteiger partial charge in [-0.3, -0.25) is 9.52 Å². The highest BCUT2D eigenvalue weighted by Gasteiger charge is 2.26. The van der Waals surface area contributed by atoms with Crippen LogP contribution in [0, 0.1) is 5.92 Å². The number of nitrogens with one attached hydrogen (secondary N) is 2. The Hall–Kier alpha value is -2.87. The van der Waals surface area contributed by atoms with Crippen LogP contribution in [0.3, 0.4) is 0 Å². The lowest BCUT2D eigenvalue weighted by Gasteiger charge is -2.30. The molecule has 172 valence electrons. The van der Waals surface area contributed by atoms with E-state index in [2.05, 4.69) is 17.0 Å². The first-order valence-electron chi connectivity index (χ1n) is 10.9. The Labute approximate surface area is 189 Å². The number of ether oxygens (including phenoxy) is 1. The minimum atomic E-state index is -3.65. The van der Waals surface area contributed by atoms with Crippen molar-refractivity contribution in [2.75, 3.05) is 4.72 Å². The highest BCUT2D eigenvalue weighted by Crippen LogP contribution is 2.24. The molecule has 8 heteroatoms. The third-order valence-electron chi connectivity index (χ3n) is 5.66. The van der Waals surface area contributed by atoms with Gasteiger partial charge < -0.3 is 10.1 Å². The number of hydrogen-bond donors (Lipinski definition) is 2. The number of carbonyl (C=O) groups is 2. The average Bonchev–Trinajstić information content (AvgIpc) is 2.75.